The van der Waals surface area contributed by atoms with Gasteiger partial charge in [0, 0.05) is 91.2 Å². The third-order valence-corrected chi connectivity index (χ3v) is 19.2. The van der Waals surface area contributed by atoms with Gasteiger partial charge in [0.1, 0.15) is 16.4 Å². The zero-order chi connectivity index (χ0) is 64.1. The molecule has 32 heteroatoms. The number of anilines is 1. The van der Waals surface area contributed by atoms with Crippen LogP contribution in [0.3, 0.4) is 0 Å². The minimum Gasteiger partial charge on any atom is -0.492 e. The van der Waals surface area contributed by atoms with Crippen molar-refractivity contribution in [2.24, 2.45) is 0 Å². The maximum Gasteiger partial charge on any atom is 0.333 e. The molecule has 2 atom stereocenters. The molecule has 2 aliphatic heterocycles. The number of fused-ring (bicyclic) bond motifs is 6. The molecule has 4 aromatic carbocycles. The smallest absolute Gasteiger partial charge is 0.333 e. The maximum absolute atomic E-state index is 13.2. The lowest BCUT2D eigenvalue weighted by Crippen LogP contribution is -2.32. The van der Waals surface area contributed by atoms with Gasteiger partial charge in [-0.15, -0.1) is 4.73 Å². The number of aromatic hydroxyl groups is 2. The average molecular weight is 1320 g/mol. The first-order chi connectivity index (χ1) is 40.7. The Labute approximate surface area is 503 Å². The zero-order valence-electron chi connectivity index (χ0n) is 47.9. The van der Waals surface area contributed by atoms with E-state index >= 15 is 0 Å². The molecule has 0 fully saturated rings. The van der Waals surface area contributed by atoms with Crippen molar-refractivity contribution >= 4 is 95.2 Å². The fourth-order valence-corrected chi connectivity index (χ4v) is 14.1. The van der Waals surface area contributed by atoms with E-state index in [0.29, 0.717) is 64.0 Å². The van der Waals surface area contributed by atoms with Crippen LogP contribution in [0.25, 0.3) is 21.5 Å². The Morgan fingerprint density at radius 3 is 1.67 bits per heavy atom. The summed E-state index contributed by atoms with van der Waals surface area (Å²) in [4.78, 5) is 16.8. The Morgan fingerprint density at radius 1 is 0.609 bits per heavy atom. The van der Waals surface area contributed by atoms with Crippen LogP contribution in [0.2, 0.25) is 0 Å². The molecule has 0 bridgehead atoms. The van der Waals surface area contributed by atoms with E-state index in [1.807, 2.05) is 0 Å². The Balaban J connectivity index is 1.39. The summed E-state index contributed by atoms with van der Waals surface area (Å²) in [6.45, 7) is 6.88. The van der Waals surface area contributed by atoms with Gasteiger partial charge in [0.15, 0.2) is 12.3 Å². The summed E-state index contributed by atoms with van der Waals surface area (Å²) in [6, 6.07) is 11.3. The standard InChI is InChI=1S/C55H67N3O24S5/c1-36(9-15-47-54(2,19-7-31-83(62,63)64)52-41-32-37(84(65,66)67)34-45(86(71,72)73)39(41)12-14-44(52)57(47)22-24-77-4)10-16-48-55(3,20-23-79-27-28-81-30-29-80-26-25-78-5)53-42-33-38(85(68,69)70)35-46(87(74,75)76)40(42)11-13-43(53)56(48)21-6-8-51(61)82-58-49(59)17-18-50(58)60/h9-18,32-35H,6-8,19-31H2,1-5H3,(H6-,59,60,62,63,64,65,66,67,68,69,70,71,72,73,74,75,76)/p+1. The second-order valence-corrected chi connectivity index (χ2v) is 28.1. The number of allylic oxidation sites excluding steroid dienone is 6. The minimum absolute atomic E-state index is 0.00831. The molecule has 27 nitrogen and oxygen atoms in total. The summed E-state index contributed by atoms with van der Waals surface area (Å²) in [5, 5.41) is 20.0. The van der Waals surface area contributed by atoms with Crippen molar-refractivity contribution in [2.45, 2.75) is 83.3 Å². The summed E-state index contributed by atoms with van der Waals surface area (Å²) in [7, 11) is -22.2. The quantitative estimate of drug-likeness (QED) is 0.0124. The Morgan fingerprint density at radius 2 is 1.14 bits per heavy atom. The van der Waals surface area contributed by atoms with Gasteiger partial charge in [0.2, 0.25) is 17.4 Å². The van der Waals surface area contributed by atoms with E-state index in [-0.39, 0.29) is 112 Å². The van der Waals surface area contributed by atoms with Crippen LogP contribution < -0.4 is 9.74 Å². The van der Waals surface area contributed by atoms with Crippen LogP contribution in [0.5, 0.6) is 11.8 Å². The van der Waals surface area contributed by atoms with Gasteiger partial charge in [-0.2, -0.15) is 46.7 Å². The number of nitrogens with zero attached hydrogens (tertiary/aromatic N) is 3. The lowest BCUT2D eigenvalue weighted by Gasteiger charge is -2.31. The molecule has 87 heavy (non-hydrogen) atoms. The predicted molar refractivity (Wildman–Crippen MR) is 315 cm³/mol. The van der Waals surface area contributed by atoms with Crippen LogP contribution in [0.15, 0.2) is 116 Å². The van der Waals surface area contributed by atoms with Crippen molar-refractivity contribution in [3.63, 3.8) is 0 Å². The predicted octanol–water partition coefficient (Wildman–Crippen LogP) is 5.55. The van der Waals surface area contributed by atoms with E-state index in [9.17, 15) is 79.9 Å². The van der Waals surface area contributed by atoms with E-state index in [2.05, 4.69) is 0 Å². The lowest BCUT2D eigenvalue weighted by atomic mass is 9.74. The minimum atomic E-state index is -5.18. The molecule has 7 N–H and O–H groups in total. The Hall–Kier alpha value is -6.21. The summed E-state index contributed by atoms with van der Waals surface area (Å²) in [6.07, 6.45) is 6.27. The van der Waals surface area contributed by atoms with Gasteiger partial charge < -0.3 is 43.6 Å². The number of ether oxygens (including phenoxy) is 5. The molecule has 0 amide bonds. The fraction of sp³-hybridized carbons (Fsp3) is 0.418. The average Bonchev–Trinajstić information content (AvgIpc) is 1.61. The van der Waals surface area contributed by atoms with Crippen molar-refractivity contribution < 1.29 is 113 Å². The maximum atomic E-state index is 13.2. The van der Waals surface area contributed by atoms with Crippen LogP contribution >= 0.6 is 0 Å². The van der Waals surface area contributed by atoms with Crippen molar-refractivity contribution in [1.29, 1.82) is 0 Å². The summed E-state index contributed by atoms with van der Waals surface area (Å²) < 4.78 is 209. The van der Waals surface area contributed by atoms with E-state index in [1.165, 1.54) is 25.3 Å². The van der Waals surface area contributed by atoms with E-state index in [4.69, 9.17) is 28.5 Å². The normalized spacial score (nSPS) is 18.3. The highest BCUT2D eigenvalue weighted by Crippen LogP contribution is 2.54. The van der Waals surface area contributed by atoms with Crippen molar-refractivity contribution in [1.82, 2.24) is 4.73 Å². The first-order valence-electron chi connectivity index (χ1n) is 26.7. The van der Waals surface area contributed by atoms with Gasteiger partial charge in [-0.25, -0.2) is 4.79 Å². The molecule has 3 heterocycles. The molecule has 5 aromatic rings. The number of rotatable bonds is 31. The van der Waals surface area contributed by atoms with Gasteiger partial charge >= 0.3 is 5.97 Å². The molecule has 7 rings (SSSR count). The van der Waals surface area contributed by atoms with Crippen LogP contribution in [0, 0.1) is 0 Å². The largest absolute Gasteiger partial charge is 0.492 e. The van der Waals surface area contributed by atoms with E-state index in [0.717, 1.165) is 24.3 Å². The summed E-state index contributed by atoms with van der Waals surface area (Å²) in [5.74, 6) is -2.72. The molecule has 1 aromatic heterocycles. The molecule has 0 saturated carbocycles. The van der Waals surface area contributed by atoms with E-state index in [1.54, 1.807) is 67.7 Å². The number of benzene rings is 4. The van der Waals surface area contributed by atoms with Gasteiger partial charge in [-0.05, 0) is 105 Å². The number of aromatic nitrogens is 1. The molecule has 2 unspecified atom stereocenters. The second kappa shape index (κ2) is 27.3. The molecule has 476 valence electrons. The summed E-state index contributed by atoms with van der Waals surface area (Å²) in [5.41, 5.74) is 0.0597. The van der Waals surface area contributed by atoms with Crippen LogP contribution in [-0.4, -0.2) is 182 Å². The molecule has 0 aliphatic carbocycles. The fourth-order valence-electron chi connectivity index (χ4n) is 11.0. The monoisotopic (exact) mass is 1310 g/mol. The third-order valence-electron chi connectivity index (χ3n) is 14.9. The van der Waals surface area contributed by atoms with Gasteiger partial charge in [0.25, 0.3) is 50.6 Å². The highest BCUT2D eigenvalue weighted by atomic mass is 32.2. The lowest BCUT2D eigenvalue weighted by molar-refractivity contribution is -0.441. The van der Waals surface area contributed by atoms with Crippen LogP contribution in [-0.2, 0) is 89.9 Å². The van der Waals surface area contributed by atoms with Crippen LogP contribution in [0.1, 0.15) is 64.0 Å². The Kier molecular flexibility index (Phi) is 21.4. The first kappa shape index (κ1) is 68.3. The van der Waals surface area contributed by atoms with Crippen LogP contribution in [0.4, 0.5) is 11.4 Å². The topological polar surface area (TPSA) is 396 Å². The number of hydrogen-bond donors (Lipinski definition) is 7. The van der Waals surface area contributed by atoms with E-state index < -0.39 is 104 Å². The molecule has 0 saturated heterocycles. The number of hydrogen-bond acceptors (Lipinski definition) is 20. The van der Waals surface area contributed by atoms with Gasteiger partial charge in [0.05, 0.1) is 60.6 Å². The SMILES string of the molecule is COCCOCCOCCOCCC1(C)C(=CC=C(C)C=CC2=[N+](CCOC)c3ccc4c(S(=O)(=O)O)cc(S(=O)(=O)O)cc4c3C2(C)CCCS(=O)(=O)O)N(CCCC(=O)On2c(O)ccc2O)c2ccc3c(S(=O)(=O)O)cc(S(=O)(=O)O)cc3c21. The van der Waals surface area contributed by atoms with Crippen molar-refractivity contribution in [2.75, 3.05) is 90.8 Å². The molecule has 2 aliphatic rings. The first-order valence-corrected chi connectivity index (χ1v) is 34.1. The van der Waals surface area contributed by atoms with Crippen molar-refractivity contribution in [3.05, 3.63) is 107 Å². The van der Waals surface area contributed by atoms with Gasteiger partial charge in [-0.3, -0.25) is 22.8 Å². The molecular weight excluding hydrogens is 1250 g/mol. The highest BCUT2D eigenvalue weighted by molar-refractivity contribution is 7.87. The zero-order valence-corrected chi connectivity index (χ0v) is 51.9. The number of carbonyl (C=O) groups excluding carboxylic acids is 1. The third kappa shape index (κ3) is 15.8. The Bertz CT molecular complexity index is 4160. The molecule has 0 spiro atoms. The molecular formula is C55H68N3O24S5+. The second-order valence-electron chi connectivity index (χ2n) is 20.9. The number of carbonyl (C=O) groups is 1. The number of methoxy groups -OCH3 is 2. The summed E-state index contributed by atoms with van der Waals surface area (Å²) >= 11 is 0. The highest BCUT2D eigenvalue weighted by Gasteiger charge is 2.50. The van der Waals surface area contributed by atoms with Gasteiger partial charge in [-0.1, -0.05) is 23.8 Å². The molecule has 0 radical (unpaired) electrons. The van der Waals surface area contributed by atoms with Crippen molar-refractivity contribution in [3.8, 4) is 11.8 Å².